The maximum atomic E-state index is 13.1. The molecule has 0 unspecified atom stereocenters. The summed E-state index contributed by atoms with van der Waals surface area (Å²) in [6.45, 7) is 7.46. The molecule has 2 aromatic rings. The van der Waals surface area contributed by atoms with Crippen molar-refractivity contribution in [3.63, 3.8) is 0 Å². The third kappa shape index (κ3) is 2.78. The van der Waals surface area contributed by atoms with Crippen molar-refractivity contribution in [3.05, 3.63) is 41.0 Å². The van der Waals surface area contributed by atoms with Gasteiger partial charge >= 0.3 is 0 Å². The molecule has 0 spiro atoms. The number of carbonyl (C=O) groups excluding carboxylic acids is 1. The SMILES string of the molecule is Cc1nc([C@@H]2CN(C(=O)c3cccc4c3O[C@H](C)[C@H]4C)CCO2)n[nH]1. The Labute approximate surface area is 146 Å². The van der Waals surface area contributed by atoms with E-state index >= 15 is 0 Å². The van der Waals surface area contributed by atoms with Crippen molar-refractivity contribution in [1.82, 2.24) is 20.1 Å². The lowest BCUT2D eigenvalue weighted by atomic mass is 9.96. The molecule has 3 atom stereocenters. The number of hydrogen-bond donors (Lipinski definition) is 1. The van der Waals surface area contributed by atoms with Crippen LogP contribution in [0.1, 0.15) is 53.4 Å². The van der Waals surface area contributed by atoms with Gasteiger partial charge in [-0.05, 0) is 19.9 Å². The fraction of sp³-hybridized carbons (Fsp3) is 0.500. The molecular weight excluding hydrogens is 320 g/mol. The molecule has 0 saturated carbocycles. The molecule has 7 nitrogen and oxygen atoms in total. The predicted molar refractivity (Wildman–Crippen MR) is 90.7 cm³/mol. The second kappa shape index (κ2) is 6.15. The van der Waals surface area contributed by atoms with Gasteiger partial charge in [-0.15, -0.1) is 0 Å². The lowest BCUT2D eigenvalue weighted by molar-refractivity contribution is -0.0267. The van der Waals surface area contributed by atoms with Gasteiger partial charge in [0.05, 0.1) is 18.7 Å². The van der Waals surface area contributed by atoms with E-state index in [1.807, 2.05) is 32.0 Å². The molecule has 1 N–H and O–H groups in total. The van der Waals surface area contributed by atoms with Crippen molar-refractivity contribution in [2.24, 2.45) is 0 Å². The van der Waals surface area contributed by atoms with Gasteiger partial charge in [-0.3, -0.25) is 9.89 Å². The molecule has 1 aromatic carbocycles. The highest BCUT2D eigenvalue weighted by atomic mass is 16.5. The van der Waals surface area contributed by atoms with E-state index in [4.69, 9.17) is 9.47 Å². The number of H-pyrrole nitrogens is 1. The summed E-state index contributed by atoms with van der Waals surface area (Å²) in [6.07, 6.45) is -0.226. The van der Waals surface area contributed by atoms with Crippen LogP contribution in [0, 0.1) is 6.92 Å². The molecule has 1 aromatic heterocycles. The first kappa shape index (κ1) is 16.1. The number of amides is 1. The summed E-state index contributed by atoms with van der Waals surface area (Å²) in [5.74, 6) is 2.31. The summed E-state index contributed by atoms with van der Waals surface area (Å²) in [7, 11) is 0. The number of morpholine rings is 1. The van der Waals surface area contributed by atoms with Gasteiger partial charge in [0.25, 0.3) is 5.91 Å². The van der Waals surface area contributed by atoms with E-state index < -0.39 is 0 Å². The van der Waals surface area contributed by atoms with Gasteiger partial charge in [0, 0.05) is 18.0 Å². The lowest BCUT2D eigenvalue weighted by Crippen LogP contribution is -2.42. The second-order valence-corrected chi connectivity index (χ2v) is 6.73. The zero-order valence-electron chi connectivity index (χ0n) is 14.7. The van der Waals surface area contributed by atoms with Crippen LogP contribution in [0.3, 0.4) is 0 Å². The van der Waals surface area contributed by atoms with Crippen LogP contribution in [0.15, 0.2) is 18.2 Å². The minimum atomic E-state index is -0.307. The van der Waals surface area contributed by atoms with Crippen molar-refractivity contribution in [2.75, 3.05) is 19.7 Å². The Kier molecular flexibility index (Phi) is 3.95. The molecule has 0 aliphatic carbocycles. The van der Waals surface area contributed by atoms with E-state index in [-0.39, 0.29) is 24.0 Å². The summed E-state index contributed by atoms with van der Waals surface area (Å²) in [4.78, 5) is 19.2. The molecule has 0 radical (unpaired) electrons. The van der Waals surface area contributed by atoms with Gasteiger partial charge in [-0.25, -0.2) is 4.98 Å². The summed E-state index contributed by atoms with van der Waals surface area (Å²) in [5, 5.41) is 6.98. The van der Waals surface area contributed by atoms with Crippen molar-refractivity contribution in [3.8, 4) is 5.75 Å². The van der Waals surface area contributed by atoms with Gasteiger partial charge < -0.3 is 14.4 Å². The van der Waals surface area contributed by atoms with E-state index in [1.54, 1.807) is 4.90 Å². The number of hydrogen-bond acceptors (Lipinski definition) is 5. The molecule has 1 fully saturated rings. The molecule has 1 saturated heterocycles. The number of carbonyl (C=O) groups is 1. The largest absolute Gasteiger partial charge is 0.489 e. The number of aromatic amines is 1. The van der Waals surface area contributed by atoms with E-state index in [0.717, 1.165) is 17.1 Å². The Morgan fingerprint density at radius 3 is 2.96 bits per heavy atom. The standard InChI is InChI=1S/C18H22N4O3/c1-10-11(2)25-16-13(10)5-4-6-14(16)18(23)22-7-8-24-15(9-22)17-19-12(3)20-21-17/h4-6,10-11,15H,7-9H2,1-3H3,(H,19,20,21)/t10-,11-,15+/m1/s1. The van der Waals surface area contributed by atoms with Gasteiger partial charge in [0.2, 0.25) is 0 Å². The fourth-order valence-corrected chi connectivity index (χ4v) is 3.42. The van der Waals surface area contributed by atoms with Crippen LogP contribution in [-0.4, -0.2) is 51.8 Å². The number of benzene rings is 1. The molecule has 25 heavy (non-hydrogen) atoms. The van der Waals surface area contributed by atoms with Crippen LogP contribution in [0.25, 0.3) is 0 Å². The number of aromatic nitrogens is 3. The molecule has 4 rings (SSSR count). The van der Waals surface area contributed by atoms with E-state index in [9.17, 15) is 4.79 Å². The Morgan fingerprint density at radius 1 is 1.36 bits per heavy atom. The van der Waals surface area contributed by atoms with Gasteiger partial charge in [0.1, 0.15) is 23.8 Å². The smallest absolute Gasteiger partial charge is 0.257 e. The number of nitrogens with one attached hydrogen (secondary N) is 1. The van der Waals surface area contributed by atoms with E-state index in [2.05, 4.69) is 22.1 Å². The number of rotatable bonds is 2. The third-order valence-corrected chi connectivity index (χ3v) is 5.03. The number of fused-ring (bicyclic) bond motifs is 1. The average Bonchev–Trinajstić information content (AvgIpc) is 3.18. The quantitative estimate of drug-likeness (QED) is 0.905. The Morgan fingerprint density at radius 2 is 2.20 bits per heavy atom. The van der Waals surface area contributed by atoms with Crippen LogP contribution < -0.4 is 4.74 Å². The fourth-order valence-electron chi connectivity index (χ4n) is 3.42. The lowest BCUT2D eigenvalue weighted by Gasteiger charge is -2.32. The number of para-hydroxylation sites is 1. The van der Waals surface area contributed by atoms with Crippen LogP contribution in [0.2, 0.25) is 0 Å². The highest BCUT2D eigenvalue weighted by molar-refractivity contribution is 5.97. The minimum Gasteiger partial charge on any atom is -0.489 e. The van der Waals surface area contributed by atoms with E-state index in [0.29, 0.717) is 31.1 Å². The summed E-state index contributed by atoms with van der Waals surface area (Å²) in [6, 6.07) is 5.81. The van der Waals surface area contributed by atoms with Gasteiger partial charge in [0.15, 0.2) is 5.82 Å². The topological polar surface area (TPSA) is 80.3 Å². The summed E-state index contributed by atoms with van der Waals surface area (Å²) in [5.41, 5.74) is 1.73. The zero-order valence-corrected chi connectivity index (χ0v) is 14.7. The number of aryl methyl sites for hydroxylation is 1. The van der Waals surface area contributed by atoms with Crippen LogP contribution in [0.4, 0.5) is 0 Å². The summed E-state index contributed by atoms with van der Waals surface area (Å²) >= 11 is 0. The molecule has 2 aliphatic rings. The Hall–Kier alpha value is -2.41. The Bertz CT molecular complexity index is 803. The van der Waals surface area contributed by atoms with Crippen molar-refractivity contribution < 1.29 is 14.3 Å². The van der Waals surface area contributed by atoms with Gasteiger partial charge in [-0.1, -0.05) is 19.1 Å². The monoisotopic (exact) mass is 342 g/mol. The number of ether oxygens (including phenoxy) is 2. The van der Waals surface area contributed by atoms with E-state index in [1.165, 1.54) is 0 Å². The van der Waals surface area contributed by atoms with Crippen LogP contribution in [0.5, 0.6) is 5.75 Å². The molecule has 132 valence electrons. The predicted octanol–water partition coefficient (Wildman–Crippen LogP) is 2.21. The molecule has 3 heterocycles. The molecule has 7 heteroatoms. The normalized spacial score (nSPS) is 25.6. The van der Waals surface area contributed by atoms with Crippen molar-refractivity contribution in [2.45, 2.75) is 38.9 Å². The first-order valence-corrected chi connectivity index (χ1v) is 8.64. The minimum absolute atomic E-state index is 0.0290. The highest BCUT2D eigenvalue weighted by Crippen LogP contribution is 2.40. The van der Waals surface area contributed by atoms with Crippen molar-refractivity contribution >= 4 is 5.91 Å². The first-order valence-electron chi connectivity index (χ1n) is 8.64. The summed E-state index contributed by atoms with van der Waals surface area (Å²) < 4.78 is 11.7. The molecule has 2 aliphatic heterocycles. The first-order chi connectivity index (χ1) is 12.0. The van der Waals surface area contributed by atoms with Crippen LogP contribution in [-0.2, 0) is 4.74 Å². The van der Waals surface area contributed by atoms with Gasteiger partial charge in [-0.2, -0.15) is 5.10 Å². The second-order valence-electron chi connectivity index (χ2n) is 6.73. The van der Waals surface area contributed by atoms with Crippen LogP contribution >= 0.6 is 0 Å². The molecule has 0 bridgehead atoms. The molecule has 1 amide bonds. The Balaban J connectivity index is 1.58. The third-order valence-electron chi connectivity index (χ3n) is 5.03. The molecular formula is C18H22N4O3. The zero-order chi connectivity index (χ0) is 17.6. The maximum Gasteiger partial charge on any atom is 0.257 e. The van der Waals surface area contributed by atoms with Crippen molar-refractivity contribution in [1.29, 1.82) is 0 Å². The number of nitrogens with zero attached hydrogens (tertiary/aromatic N) is 3. The average molecular weight is 342 g/mol. The highest BCUT2D eigenvalue weighted by Gasteiger charge is 2.34. The maximum absolute atomic E-state index is 13.1.